The molecule has 0 aliphatic rings. The first-order chi connectivity index (χ1) is 9.65. The molecule has 0 amide bonds. The van der Waals surface area contributed by atoms with Crippen molar-refractivity contribution >= 4 is 0 Å². The third kappa shape index (κ3) is 3.23. The fraction of sp³-hybridized carbons (Fsp3) is 0.294. The van der Waals surface area contributed by atoms with Gasteiger partial charge in [-0.3, -0.25) is 0 Å². The van der Waals surface area contributed by atoms with E-state index in [1.807, 2.05) is 25.2 Å². The lowest BCUT2D eigenvalue weighted by Crippen LogP contribution is -2.20. The maximum Gasteiger partial charge on any atom is 0.126 e. The average molecular weight is 275 g/mol. The van der Waals surface area contributed by atoms with Crippen LogP contribution in [0.5, 0.6) is 0 Å². The molecule has 106 valence electrons. The molecule has 20 heavy (non-hydrogen) atoms. The van der Waals surface area contributed by atoms with E-state index in [-0.39, 0.29) is 11.9 Å². The summed E-state index contributed by atoms with van der Waals surface area (Å²) in [6.07, 6.45) is 1.34. The Morgan fingerprint density at radius 2 is 1.80 bits per heavy atom. The van der Waals surface area contributed by atoms with Crippen LogP contribution in [0, 0.1) is 11.6 Å². The van der Waals surface area contributed by atoms with Gasteiger partial charge in [-0.2, -0.15) is 0 Å². The number of likely N-dealkylation sites (N-methyl/N-ethyl adjacent to an activating group) is 1. The molecule has 0 saturated heterocycles. The summed E-state index contributed by atoms with van der Waals surface area (Å²) in [6, 6.07) is 11.7. The second-order valence-electron chi connectivity index (χ2n) is 4.83. The van der Waals surface area contributed by atoms with Crippen LogP contribution >= 0.6 is 0 Å². The van der Waals surface area contributed by atoms with Gasteiger partial charge in [-0.25, -0.2) is 8.78 Å². The lowest BCUT2D eigenvalue weighted by Gasteiger charge is -2.20. The highest BCUT2D eigenvalue weighted by Gasteiger charge is 2.15. The summed E-state index contributed by atoms with van der Waals surface area (Å²) in [6.45, 7) is 2.09. The third-order valence-electron chi connectivity index (χ3n) is 3.59. The highest BCUT2D eigenvalue weighted by Crippen LogP contribution is 2.24. The Balaban J connectivity index is 2.31. The Labute approximate surface area is 118 Å². The molecule has 3 heteroatoms. The van der Waals surface area contributed by atoms with Crippen molar-refractivity contribution in [2.45, 2.75) is 25.8 Å². The summed E-state index contributed by atoms with van der Waals surface area (Å²) in [5.41, 5.74) is 2.76. The molecule has 2 rings (SSSR count). The van der Waals surface area contributed by atoms with Crippen LogP contribution in [0.25, 0.3) is 0 Å². The maximum atomic E-state index is 13.8. The highest BCUT2D eigenvalue weighted by atomic mass is 19.1. The normalized spacial score (nSPS) is 12.4. The maximum absolute atomic E-state index is 13.8. The fourth-order valence-electron chi connectivity index (χ4n) is 2.48. The van der Waals surface area contributed by atoms with E-state index >= 15 is 0 Å². The predicted octanol–water partition coefficient (Wildman–Crippen LogP) is 4.03. The quantitative estimate of drug-likeness (QED) is 0.868. The molecule has 2 aromatic rings. The molecule has 0 fully saturated rings. The standard InChI is InChI=1S/C17H19F2N/c1-3-12-6-4-5-7-15(12)17(20-2)11-13-10-14(18)8-9-16(13)19/h4-10,17,20H,3,11H2,1-2H3. The van der Waals surface area contributed by atoms with Crippen molar-refractivity contribution in [1.82, 2.24) is 5.32 Å². The molecule has 0 radical (unpaired) electrons. The highest BCUT2D eigenvalue weighted by molar-refractivity contribution is 5.32. The Hall–Kier alpha value is -1.74. The van der Waals surface area contributed by atoms with E-state index < -0.39 is 5.82 Å². The van der Waals surface area contributed by atoms with Crippen molar-refractivity contribution in [3.05, 3.63) is 70.8 Å². The SMILES string of the molecule is CCc1ccccc1C(Cc1cc(F)ccc1F)NC. The van der Waals surface area contributed by atoms with Crippen molar-refractivity contribution in [1.29, 1.82) is 0 Å². The molecule has 0 heterocycles. The minimum atomic E-state index is -0.403. The largest absolute Gasteiger partial charge is 0.313 e. The number of rotatable bonds is 5. The number of nitrogens with one attached hydrogen (secondary N) is 1. The van der Waals surface area contributed by atoms with Crippen molar-refractivity contribution in [3.8, 4) is 0 Å². The van der Waals surface area contributed by atoms with Gasteiger partial charge in [-0.15, -0.1) is 0 Å². The van der Waals surface area contributed by atoms with E-state index in [0.29, 0.717) is 12.0 Å². The summed E-state index contributed by atoms with van der Waals surface area (Å²) in [5.74, 6) is -0.763. The molecular weight excluding hydrogens is 256 g/mol. The first-order valence-corrected chi connectivity index (χ1v) is 6.84. The van der Waals surface area contributed by atoms with Crippen LogP contribution < -0.4 is 5.32 Å². The average Bonchev–Trinajstić information content (AvgIpc) is 2.48. The number of aryl methyl sites for hydroxylation is 1. The van der Waals surface area contributed by atoms with Gasteiger partial charge in [-0.05, 0) is 54.8 Å². The van der Waals surface area contributed by atoms with Crippen molar-refractivity contribution in [2.24, 2.45) is 0 Å². The van der Waals surface area contributed by atoms with Crippen LogP contribution in [0.2, 0.25) is 0 Å². The molecule has 1 unspecified atom stereocenters. The second kappa shape index (κ2) is 6.62. The van der Waals surface area contributed by atoms with Gasteiger partial charge in [0.05, 0.1) is 0 Å². The first-order valence-electron chi connectivity index (χ1n) is 6.84. The molecule has 0 saturated carbocycles. The lowest BCUT2D eigenvalue weighted by molar-refractivity contribution is 0.541. The molecule has 1 nitrogen and oxygen atoms in total. The zero-order valence-electron chi connectivity index (χ0n) is 11.8. The van der Waals surface area contributed by atoms with Crippen LogP contribution in [0.4, 0.5) is 8.78 Å². The Morgan fingerprint density at radius 3 is 2.50 bits per heavy atom. The van der Waals surface area contributed by atoms with Crippen molar-refractivity contribution < 1.29 is 8.78 Å². The zero-order valence-corrected chi connectivity index (χ0v) is 11.8. The predicted molar refractivity (Wildman–Crippen MR) is 77.7 cm³/mol. The molecule has 0 bridgehead atoms. The van der Waals surface area contributed by atoms with E-state index in [0.717, 1.165) is 18.1 Å². The number of hydrogen-bond acceptors (Lipinski definition) is 1. The Morgan fingerprint density at radius 1 is 1.05 bits per heavy atom. The van der Waals surface area contributed by atoms with Crippen molar-refractivity contribution in [3.63, 3.8) is 0 Å². The topological polar surface area (TPSA) is 12.0 Å². The van der Waals surface area contributed by atoms with E-state index in [1.54, 1.807) is 0 Å². The fourth-order valence-corrected chi connectivity index (χ4v) is 2.48. The lowest BCUT2D eigenvalue weighted by atomic mass is 9.93. The third-order valence-corrected chi connectivity index (χ3v) is 3.59. The number of halogens is 2. The van der Waals surface area contributed by atoms with E-state index in [1.165, 1.54) is 17.7 Å². The molecule has 0 aromatic heterocycles. The molecule has 2 aromatic carbocycles. The van der Waals surface area contributed by atoms with Crippen LogP contribution in [-0.2, 0) is 12.8 Å². The Bertz CT molecular complexity index is 581. The smallest absolute Gasteiger partial charge is 0.126 e. The van der Waals surface area contributed by atoms with E-state index in [4.69, 9.17) is 0 Å². The summed E-state index contributed by atoms with van der Waals surface area (Å²) >= 11 is 0. The zero-order chi connectivity index (χ0) is 14.5. The molecule has 0 aliphatic carbocycles. The minimum absolute atomic E-state index is 0.0255. The van der Waals surface area contributed by atoms with Crippen LogP contribution in [0.3, 0.4) is 0 Å². The second-order valence-corrected chi connectivity index (χ2v) is 4.83. The Kier molecular flexibility index (Phi) is 4.85. The van der Waals surface area contributed by atoms with Gasteiger partial charge in [-0.1, -0.05) is 31.2 Å². The van der Waals surface area contributed by atoms with Crippen molar-refractivity contribution in [2.75, 3.05) is 7.05 Å². The van der Waals surface area contributed by atoms with Crippen LogP contribution in [0.15, 0.2) is 42.5 Å². The minimum Gasteiger partial charge on any atom is -0.313 e. The molecule has 0 spiro atoms. The molecule has 0 aliphatic heterocycles. The summed E-state index contributed by atoms with van der Waals surface area (Å²) < 4.78 is 27.0. The summed E-state index contributed by atoms with van der Waals surface area (Å²) in [5, 5.41) is 3.20. The van der Waals surface area contributed by atoms with E-state index in [2.05, 4.69) is 18.3 Å². The van der Waals surface area contributed by atoms with Gasteiger partial charge in [0.2, 0.25) is 0 Å². The van der Waals surface area contributed by atoms with Gasteiger partial charge in [0.15, 0.2) is 0 Å². The molecule has 1 atom stereocenters. The van der Waals surface area contributed by atoms with Gasteiger partial charge in [0, 0.05) is 6.04 Å². The summed E-state index contributed by atoms with van der Waals surface area (Å²) in [4.78, 5) is 0. The van der Waals surface area contributed by atoms with E-state index in [9.17, 15) is 8.78 Å². The van der Waals surface area contributed by atoms with Gasteiger partial charge in [0.25, 0.3) is 0 Å². The number of benzene rings is 2. The summed E-state index contributed by atoms with van der Waals surface area (Å²) in [7, 11) is 1.84. The molecule has 1 N–H and O–H groups in total. The first kappa shape index (κ1) is 14.7. The van der Waals surface area contributed by atoms with Crippen LogP contribution in [-0.4, -0.2) is 7.05 Å². The monoisotopic (exact) mass is 275 g/mol. The van der Waals surface area contributed by atoms with Gasteiger partial charge in [0.1, 0.15) is 11.6 Å². The van der Waals surface area contributed by atoms with Gasteiger partial charge >= 0.3 is 0 Å². The number of hydrogen-bond donors (Lipinski definition) is 1. The van der Waals surface area contributed by atoms with Gasteiger partial charge < -0.3 is 5.32 Å². The molecular formula is C17H19F2N. The van der Waals surface area contributed by atoms with Crippen LogP contribution in [0.1, 0.15) is 29.7 Å².